The minimum Gasteiger partial charge on any atom is -0.309 e. The molecule has 2 heteroatoms. The molecule has 0 aliphatic heterocycles. The number of thiophene rings is 1. The molecule has 270 valence electrons. The third-order valence-electron chi connectivity index (χ3n) is 11.8. The van der Waals surface area contributed by atoms with Gasteiger partial charge in [0.2, 0.25) is 0 Å². The molecule has 0 fully saturated rings. The van der Waals surface area contributed by atoms with Crippen LogP contribution in [0.4, 0.5) is 17.1 Å². The summed E-state index contributed by atoms with van der Waals surface area (Å²) in [5.74, 6) is 0.507. The second-order valence-electron chi connectivity index (χ2n) is 15.3. The van der Waals surface area contributed by atoms with E-state index in [-0.39, 0.29) is 0 Å². The normalized spacial score (nSPS) is 14.2. The summed E-state index contributed by atoms with van der Waals surface area (Å²) in [5, 5.41) is 10.2. The Bertz CT molecular complexity index is 3230. The Morgan fingerprint density at radius 2 is 1.11 bits per heavy atom. The monoisotopic (exact) mass is 745 g/mol. The van der Waals surface area contributed by atoms with E-state index in [0.29, 0.717) is 5.92 Å². The van der Waals surface area contributed by atoms with Crippen molar-refractivity contribution in [1.29, 1.82) is 0 Å². The summed E-state index contributed by atoms with van der Waals surface area (Å²) in [6.45, 7) is 2.31. The molecule has 0 unspecified atom stereocenters. The Morgan fingerprint density at radius 1 is 0.456 bits per heavy atom. The first-order valence-electron chi connectivity index (χ1n) is 19.9. The Kier molecular flexibility index (Phi) is 8.12. The van der Waals surface area contributed by atoms with Gasteiger partial charge in [0.25, 0.3) is 0 Å². The van der Waals surface area contributed by atoms with Gasteiger partial charge >= 0.3 is 0 Å². The molecule has 1 atom stereocenters. The van der Waals surface area contributed by atoms with Crippen molar-refractivity contribution in [1.82, 2.24) is 0 Å². The van der Waals surface area contributed by atoms with Crippen LogP contribution in [0.25, 0.3) is 80.3 Å². The van der Waals surface area contributed by atoms with Gasteiger partial charge in [-0.3, -0.25) is 0 Å². The highest BCUT2D eigenvalue weighted by Crippen LogP contribution is 2.49. The fourth-order valence-corrected chi connectivity index (χ4v) is 10.3. The number of hydrogen-bond donors (Lipinski definition) is 0. The average molecular weight is 746 g/mol. The van der Waals surface area contributed by atoms with Gasteiger partial charge in [-0.15, -0.1) is 11.3 Å². The summed E-state index contributed by atoms with van der Waals surface area (Å²) >= 11 is 1.87. The van der Waals surface area contributed by atoms with Crippen molar-refractivity contribution in [2.24, 2.45) is 5.92 Å². The first kappa shape index (κ1) is 33.6. The lowest BCUT2D eigenvalue weighted by atomic mass is 9.87. The summed E-state index contributed by atoms with van der Waals surface area (Å²) in [7, 11) is 0. The lowest BCUT2D eigenvalue weighted by molar-refractivity contribution is 0.740. The van der Waals surface area contributed by atoms with Gasteiger partial charge < -0.3 is 4.90 Å². The van der Waals surface area contributed by atoms with E-state index >= 15 is 0 Å². The van der Waals surface area contributed by atoms with Crippen LogP contribution in [0.15, 0.2) is 200 Å². The van der Waals surface area contributed by atoms with Crippen LogP contribution in [0.5, 0.6) is 0 Å². The number of anilines is 3. The molecule has 0 amide bonds. The van der Waals surface area contributed by atoms with E-state index < -0.39 is 0 Å². The van der Waals surface area contributed by atoms with Crippen molar-refractivity contribution in [2.45, 2.75) is 13.3 Å². The van der Waals surface area contributed by atoms with E-state index in [0.717, 1.165) is 17.8 Å². The zero-order valence-electron chi connectivity index (χ0n) is 31.7. The van der Waals surface area contributed by atoms with E-state index in [4.69, 9.17) is 0 Å². The Balaban J connectivity index is 1.14. The average Bonchev–Trinajstić information content (AvgIpc) is 3.66. The molecule has 11 rings (SSSR count). The minimum absolute atomic E-state index is 0.507. The van der Waals surface area contributed by atoms with E-state index in [1.807, 2.05) is 11.3 Å². The van der Waals surface area contributed by atoms with Gasteiger partial charge in [0, 0.05) is 31.4 Å². The van der Waals surface area contributed by atoms with Gasteiger partial charge in [0.05, 0.1) is 11.4 Å². The van der Waals surface area contributed by atoms with E-state index in [2.05, 4.69) is 212 Å². The van der Waals surface area contributed by atoms with Crippen molar-refractivity contribution in [3.05, 3.63) is 206 Å². The summed E-state index contributed by atoms with van der Waals surface area (Å²) in [6, 6.07) is 67.3. The number of hydrogen-bond acceptors (Lipinski definition) is 2. The molecule has 0 saturated carbocycles. The standard InChI is InChI=1S/C55H39NS/c1-36-13-8-17-40(35-36)44-22-9-15-39-16-10-24-48(54(39)44)47-19-4-6-25-50(47)56(51-26-12-28-53-55(51)49-20-5-7-27-52(49)57-53)41-32-29-38(30-33-41)43-21-11-23-45-42-18-3-2-14-37(42)31-34-46(43)45/h2-12,14-36H,13H2,1H3/t36-/m0/s1. The van der Waals surface area contributed by atoms with Gasteiger partial charge in [0.1, 0.15) is 0 Å². The number of allylic oxidation sites excluding steroid dienone is 4. The zero-order valence-corrected chi connectivity index (χ0v) is 32.5. The lowest BCUT2D eigenvalue weighted by Crippen LogP contribution is -2.11. The Labute approximate surface area is 337 Å². The van der Waals surface area contributed by atoms with Gasteiger partial charge in [-0.25, -0.2) is 0 Å². The van der Waals surface area contributed by atoms with E-state index in [1.165, 1.54) is 91.6 Å². The maximum Gasteiger partial charge on any atom is 0.0555 e. The van der Waals surface area contributed by atoms with Gasteiger partial charge in [-0.05, 0) is 109 Å². The smallest absolute Gasteiger partial charge is 0.0555 e. The van der Waals surface area contributed by atoms with Gasteiger partial charge in [-0.2, -0.15) is 0 Å². The largest absolute Gasteiger partial charge is 0.309 e. The molecule has 0 N–H and O–H groups in total. The maximum atomic E-state index is 2.50. The second-order valence-corrected chi connectivity index (χ2v) is 16.4. The number of para-hydroxylation sites is 1. The van der Waals surface area contributed by atoms with Crippen molar-refractivity contribution < 1.29 is 0 Å². The van der Waals surface area contributed by atoms with Crippen LogP contribution in [0.2, 0.25) is 0 Å². The topological polar surface area (TPSA) is 3.24 Å². The van der Waals surface area contributed by atoms with Crippen molar-refractivity contribution in [2.75, 3.05) is 4.90 Å². The van der Waals surface area contributed by atoms with Crippen LogP contribution in [0, 0.1) is 5.92 Å². The van der Waals surface area contributed by atoms with Crippen molar-refractivity contribution >= 4 is 86.5 Å². The van der Waals surface area contributed by atoms with Crippen LogP contribution in [0.1, 0.15) is 18.9 Å². The molecule has 0 spiro atoms. The molecule has 1 nitrogen and oxygen atoms in total. The maximum absolute atomic E-state index is 2.50. The number of nitrogens with zero attached hydrogens (tertiary/aromatic N) is 1. The first-order valence-corrected chi connectivity index (χ1v) is 20.7. The highest BCUT2D eigenvalue weighted by Gasteiger charge is 2.23. The molecule has 1 heterocycles. The van der Waals surface area contributed by atoms with E-state index in [9.17, 15) is 0 Å². The van der Waals surface area contributed by atoms with Crippen LogP contribution < -0.4 is 4.90 Å². The first-order chi connectivity index (χ1) is 28.2. The number of rotatable bonds is 6. The van der Waals surface area contributed by atoms with Gasteiger partial charge in [0.15, 0.2) is 0 Å². The SMILES string of the molecule is C[C@@H]1C=C(c2cccc3cccc(-c4ccccc4N(c4ccc(-c5cccc6c5ccc5ccccc56)cc4)c4cccc5sc6ccccc6c45)c23)C=CC1. The molecule has 57 heavy (non-hydrogen) atoms. The lowest BCUT2D eigenvalue weighted by Gasteiger charge is -2.29. The number of fused-ring (bicyclic) bond motifs is 7. The highest BCUT2D eigenvalue weighted by molar-refractivity contribution is 7.26. The fourth-order valence-electron chi connectivity index (χ4n) is 9.15. The molecular weight excluding hydrogens is 707 g/mol. The molecule has 1 aliphatic carbocycles. The molecular formula is C55H39NS. The predicted octanol–water partition coefficient (Wildman–Crippen LogP) is 16.3. The summed E-state index contributed by atoms with van der Waals surface area (Å²) in [5.41, 5.74) is 10.9. The molecule has 10 aromatic rings. The van der Waals surface area contributed by atoms with Crippen molar-refractivity contribution in [3.63, 3.8) is 0 Å². The molecule has 0 saturated heterocycles. The second kappa shape index (κ2) is 13.8. The number of benzene rings is 9. The third-order valence-corrected chi connectivity index (χ3v) is 12.9. The van der Waals surface area contributed by atoms with Gasteiger partial charge in [-0.1, -0.05) is 171 Å². The summed E-state index contributed by atoms with van der Waals surface area (Å²) < 4.78 is 2.59. The zero-order chi connectivity index (χ0) is 37.9. The highest BCUT2D eigenvalue weighted by atomic mass is 32.1. The molecule has 0 radical (unpaired) electrons. The molecule has 1 aliphatic rings. The third kappa shape index (κ3) is 5.67. The Morgan fingerprint density at radius 3 is 1.98 bits per heavy atom. The Hall–Kier alpha value is -6.74. The summed E-state index contributed by atoms with van der Waals surface area (Å²) in [4.78, 5) is 2.50. The fraction of sp³-hybridized carbons (Fsp3) is 0.0545. The molecule has 0 bridgehead atoms. The molecule has 1 aromatic heterocycles. The van der Waals surface area contributed by atoms with Crippen LogP contribution in [-0.2, 0) is 0 Å². The van der Waals surface area contributed by atoms with Crippen LogP contribution in [0.3, 0.4) is 0 Å². The molecule has 9 aromatic carbocycles. The minimum atomic E-state index is 0.507. The van der Waals surface area contributed by atoms with Crippen molar-refractivity contribution in [3.8, 4) is 22.3 Å². The van der Waals surface area contributed by atoms with E-state index in [1.54, 1.807) is 0 Å². The predicted molar refractivity (Wildman–Crippen MR) is 248 cm³/mol. The van der Waals surface area contributed by atoms with Crippen LogP contribution >= 0.6 is 11.3 Å². The summed E-state index contributed by atoms with van der Waals surface area (Å²) in [6.07, 6.45) is 8.16. The van der Waals surface area contributed by atoms with Crippen LogP contribution in [-0.4, -0.2) is 0 Å². The quantitative estimate of drug-likeness (QED) is 0.153.